The van der Waals surface area contributed by atoms with Crippen molar-refractivity contribution >= 4 is 5.91 Å². The van der Waals surface area contributed by atoms with E-state index in [0.29, 0.717) is 5.56 Å². The zero-order valence-corrected chi connectivity index (χ0v) is 15.1. The molecule has 1 unspecified atom stereocenters. The third-order valence-electron chi connectivity index (χ3n) is 4.91. The third-order valence-corrected chi connectivity index (χ3v) is 4.91. The Hall–Kier alpha value is -2.99. The standard InChI is InChI=1S/C21H23N5O/c27-21(17-6-3-5-16(11-17)18-12-23-24-13-18)25-20-8-4-10-26(15-20)14-19-7-1-2-9-22-19/h1-3,5-7,9,11-13,20H,4,8,10,14-15H2,(H,23,24)(H,25,27). The topological polar surface area (TPSA) is 73.9 Å². The smallest absolute Gasteiger partial charge is 0.251 e. The number of H-pyrrole nitrogens is 1. The summed E-state index contributed by atoms with van der Waals surface area (Å²) in [6.07, 6.45) is 7.49. The minimum atomic E-state index is -0.0231. The van der Waals surface area contributed by atoms with Gasteiger partial charge < -0.3 is 5.32 Å². The number of carbonyl (C=O) groups is 1. The van der Waals surface area contributed by atoms with E-state index < -0.39 is 0 Å². The monoisotopic (exact) mass is 361 g/mol. The minimum absolute atomic E-state index is 0.0231. The molecule has 3 aromatic rings. The van der Waals surface area contributed by atoms with Crippen LogP contribution in [0.4, 0.5) is 0 Å². The first-order chi connectivity index (χ1) is 13.3. The largest absolute Gasteiger partial charge is 0.348 e. The van der Waals surface area contributed by atoms with Crippen molar-refractivity contribution in [2.75, 3.05) is 13.1 Å². The average Bonchev–Trinajstić information content (AvgIpc) is 3.24. The highest BCUT2D eigenvalue weighted by Crippen LogP contribution is 2.19. The number of nitrogens with zero attached hydrogens (tertiary/aromatic N) is 3. The lowest BCUT2D eigenvalue weighted by molar-refractivity contribution is 0.0900. The molecule has 1 aliphatic rings. The van der Waals surface area contributed by atoms with E-state index in [9.17, 15) is 4.79 Å². The van der Waals surface area contributed by atoms with E-state index in [0.717, 1.165) is 49.3 Å². The molecular weight excluding hydrogens is 338 g/mol. The quantitative estimate of drug-likeness (QED) is 0.733. The fourth-order valence-corrected chi connectivity index (χ4v) is 3.56. The maximum Gasteiger partial charge on any atom is 0.251 e. The number of aromatic nitrogens is 3. The van der Waals surface area contributed by atoms with Crippen LogP contribution in [0.15, 0.2) is 61.1 Å². The van der Waals surface area contributed by atoms with Crippen LogP contribution in [0.1, 0.15) is 28.9 Å². The van der Waals surface area contributed by atoms with Gasteiger partial charge in [0.2, 0.25) is 0 Å². The maximum absolute atomic E-state index is 12.7. The molecule has 0 bridgehead atoms. The van der Waals surface area contributed by atoms with Gasteiger partial charge in [0.25, 0.3) is 5.91 Å². The van der Waals surface area contributed by atoms with Crippen LogP contribution >= 0.6 is 0 Å². The first-order valence-electron chi connectivity index (χ1n) is 9.30. The van der Waals surface area contributed by atoms with Crippen LogP contribution in [0.25, 0.3) is 11.1 Å². The zero-order valence-electron chi connectivity index (χ0n) is 15.1. The van der Waals surface area contributed by atoms with Gasteiger partial charge >= 0.3 is 0 Å². The van der Waals surface area contributed by atoms with E-state index in [-0.39, 0.29) is 11.9 Å². The van der Waals surface area contributed by atoms with E-state index in [1.165, 1.54) is 0 Å². The molecule has 1 amide bonds. The van der Waals surface area contributed by atoms with E-state index >= 15 is 0 Å². The summed E-state index contributed by atoms with van der Waals surface area (Å²) in [7, 11) is 0. The van der Waals surface area contributed by atoms with Crippen LogP contribution in [-0.4, -0.2) is 45.1 Å². The van der Waals surface area contributed by atoms with Crippen LogP contribution in [0.3, 0.4) is 0 Å². The Kier molecular flexibility index (Phi) is 5.25. The van der Waals surface area contributed by atoms with Crippen LogP contribution in [-0.2, 0) is 6.54 Å². The van der Waals surface area contributed by atoms with Crippen LogP contribution in [0.2, 0.25) is 0 Å². The van der Waals surface area contributed by atoms with E-state index in [2.05, 4.69) is 25.4 Å². The van der Waals surface area contributed by atoms with Crippen molar-refractivity contribution in [3.05, 3.63) is 72.3 Å². The van der Waals surface area contributed by atoms with E-state index in [1.807, 2.05) is 54.9 Å². The number of benzene rings is 1. The van der Waals surface area contributed by atoms with Crippen LogP contribution in [0, 0.1) is 0 Å². The predicted molar refractivity (Wildman–Crippen MR) is 104 cm³/mol. The van der Waals surface area contributed by atoms with Gasteiger partial charge in [-0.2, -0.15) is 5.10 Å². The lowest BCUT2D eigenvalue weighted by Crippen LogP contribution is -2.47. The molecule has 4 rings (SSSR count). The summed E-state index contributed by atoms with van der Waals surface area (Å²) in [4.78, 5) is 19.5. The molecule has 138 valence electrons. The molecule has 1 fully saturated rings. The first kappa shape index (κ1) is 17.4. The van der Waals surface area contributed by atoms with E-state index in [1.54, 1.807) is 6.20 Å². The highest BCUT2D eigenvalue weighted by Gasteiger charge is 2.22. The van der Waals surface area contributed by atoms with Crippen molar-refractivity contribution in [1.82, 2.24) is 25.4 Å². The summed E-state index contributed by atoms with van der Waals surface area (Å²) in [5, 5.41) is 9.98. The van der Waals surface area contributed by atoms with Crippen molar-refractivity contribution in [3.8, 4) is 11.1 Å². The number of hydrogen-bond acceptors (Lipinski definition) is 4. The van der Waals surface area contributed by atoms with Crippen molar-refractivity contribution in [1.29, 1.82) is 0 Å². The Bertz CT molecular complexity index is 879. The highest BCUT2D eigenvalue weighted by molar-refractivity contribution is 5.95. The number of nitrogens with one attached hydrogen (secondary N) is 2. The second-order valence-electron chi connectivity index (χ2n) is 6.94. The first-order valence-corrected chi connectivity index (χ1v) is 9.30. The summed E-state index contributed by atoms with van der Waals surface area (Å²) in [6.45, 7) is 2.71. The van der Waals surface area contributed by atoms with Gasteiger partial charge in [0.15, 0.2) is 0 Å². The fourth-order valence-electron chi connectivity index (χ4n) is 3.56. The molecule has 0 spiro atoms. The van der Waals surface area contributed by atoms with Gasteiger partial charge in [-0.3, -0.25) is 19.8 Å². The third kappa shape index (κ3) is 4.41. The minimum Gasteiger partial charge on any atom is -0.348 e. The number of piperidine rings is 1. The molecule has 1 aliphatic heterocycles. The van der Waals surface area contributed by atoms with Crippen LogP contribution < -0.4 is 5.32 Å². The van der Waals surface area contributed by atoms with E-state index in [4.69, 9.17) is 0 Å². The second kappa shape index (κ2) is 8.14. The lowest BCUT2D eigenvalue weighted by atomic mass is 10.0. The van der Waals surface area contributed by atoms with Gasteiger partial charge in [-0.15, -0.1) is 0 Å². The Balaban J connectivity index is 1.38. The number of hydrogen-bond donors (Lipinski definition) is 2. The molecule has 2 N–H and O–H groups in total. The molecule has 1 aromatic carbocycles. The summed E-state index contributed by atoms with van der Waals surface area (Å²) in [6, 6.07) is 13.8. The van der Waals surface area contributed by atoms with Gasteiger partial charge in [0.05, 0.1) is 11.9 Å². The molecule has 6 heteroatoms. The van der Waals surface area contributed by atoms with Crippen molar-refractivity contribution in [2.45, 2.75) is 25.4 Å². The lowest BCUT2D eigenvalue weighted by Gasteiger charge is -2.32. The molecule has 1 saturated heterocycles. The molecule has 0 radical (unpaired) electrons. The summed E-state index contributed by atoms with van der Waals surface area (Å²) >= 11 is 0. The Morgan fingerprint density at radius 2 is 2.19 bits per heavy atom. The molecule has 27 heavy (non-hydrogen) atoms. The Morgan fingerprint density at radius 1 is 1.22 bits per heavy atom. The molecule has 0 aliphatic carbocycles. The number of carbonyl (C=O) groups excluding carboxylic acids is 1. The normalized spacial score (nSPS) is 17.6. The number of rotatable bonds is 5. The van der Waals surface area contributed by atoms with Gasteiger partial charge in [0, 0.05) is 42.7 Å². The number of amides is 1. The molecule has 0 saturated carbocycles. The average molecular weight is 361 g/mol. The predicted octanol–water partition coefficient (Wildman–Crippen LogP) is 2.87. The summed E-state index contributed by atoms with van der Waals surface area (Å²) in [5.74, 6) is -0.0231. The summed E-state index contributed by atoms with van der Waals surface area (Å²) in [5.41, 5.74) is 3.70. The SMILES string of the molecule is O=C(NC1CCCN(Cc2ccccn2)C1)c1cccc(-c2cn[nH]c2)c1. The van der Waals surface area contributed by atoms with Gasteiger partial charge in [0.1, 0.15) is 0 Å². The van der Waals surface area contributed by atoms with Gasteiger partial charge in [-0.05, 0) is 49.2 Å². The van der Waals surface area contributed by atoms with Gasteiger partial charge in [-0.25, -0.2) is 0 Å². The Labute approximate surface area is 158 Å². The molecule has 2 aromatic heterocycles. The fraction of sp³-hybridized carbons (Fsp3) is 0.286. The van der Waals surface area contributed by atoms with Crippen molar-refractivity contribution in [3.63, 3.8) is 0 Å². The number of aromatic amines is 1. The van der Waals surface area contributed by atoms with Crippen molar-refractivity contribution in [2.24, 2.45) is 0 Å². The number of likely N-dealkylation sites (tertiary alicyclic amines) is 1. The zero-order chi connectivity index (χ0) is 18.5. The molecule has 6 nitrogen and oxygen atoms in total. The Morgan fingerprint density at radius 3 is 3.00 bits per heavy atom. The molecule has 1 atom stereocenters. The van der Waals surface area contributed by atoms with Crippen molar-refractivity contribution < 1.29 is 4.79 Å². The van der Waals surface area contributed by atoms with Crippen LogP contribution in [0.5, 0.6) is 0 Å². The molecule has 3 heterocycles. The van der Waals surface area contributed by atoms with Gasteiger partial charge in [-0.1, -0.05) is 18.2 Å². The summed E-state index contributed by atoms with van der Waals surface area (Å²) < 4.78 is 0. The number of pyridine rings is 1. The highest BCUT2D eigenvalue weighted by atomic mass is 16.1. The maximum atomic E-state index is 12.7. The molecular formula is C21H23N5O. The second-order valence-corrected chi connectivity index (χ2v) is 6.94.